The minimum Gasteiger partial charge on any atom is -0.293 e. The van der Waals surface area contributed by atoms with Gasteiger partial charge in [-0.1, -0.05) is 48.5 Å². The predicted molar refractivity (Wildman–Crippen MR) is 141 cm³/mol. The highest BCUT2D eigenvalue weighted by atomic mass is 32.3. The van der Waals surface area contributed by atoms with Gasteiger partial charge >= 0.3 is 57.1 Å². The molecule has 0 unspecified atom stereocenters. The van der Waals surface area contributed by atoms with E-state index < -0.39 is 78.9 Å². The van der Waals surface area contributed by atoms with E-state index in [0.29, 0.717) is 23.3 Å². The average molecular weight is 781 g/mol. The van der Waals surface area contributed by atoms with E-state index in [1.807, 2.05) is 0 Å². The molecule has 0 N–H and O–H groups in total. The number of ketones is 1. The lowest BCUT2D eigenvalue weighted by Gasteiger charge is -2.42. The summed E-state index contributed by atoms with van der Waals surface area (Å²) in [4.78, 5) is 13.4. The number of hydrogen-bond donors (Lipinski definition) is 0. The van der Waals surface area contributed by atoms with E-state index in [4.69, 9.17) is 0 Å². The second kappa shape index (κ2) is 11.7. The maximum absolute atomic E-state index is 14.6. The molecular weight excluding hydrogens is 763 g/mol. The number of rotatable bonds is 12. The lowest BCUT2D eigenvalue weighted by molar-refractivity contribution is -0.458. The van der Waals surface area contributed by atoms with Crippen molar-refractivity contribution in [3.05, 3.63) is 60.2 Å². The third-order valence-electron chi connectivity index (χ3n) is 6.81. The standard InChI is InChI=1S/C26H17F17O4S2/c1-48(2,12-17(44)18-15-9-5-3-7-13(15)11-14-8-4-6-10-16(14)18)47-49(45,46)26(42,43)24(37,38)22(33,34)20(29,30)19(27,28)21(31,32)23(35,36)25(39,40)41/h3-11H,12H2,1-2H3. The number of hydrogen-bond acceptors (Lipinski definition) is 4. The lowest BCUT2D eigenvalue weighted by Crippen LogP contribution is -2.75. The molecule has 4 nitrogen and oxygen atoms in total. The molecule has 0 fully saturated rings. The predicted octanol–water partition coefficient (Wildman–Crippen LogP) is 9.47. The Bertz CT molecular complexity index is 1820. The van der Waals surface area contributed by atoms with E-state index in [2.05, 4.69) is 3.63 Å². The molecule has 0 spiro atoms. The van der Waals surface area contributed by atoms with Crippen LogP contribution < -0.4 is 0 Å². The summed E-state index contributed by atoms with van der Waals surface area (Å²) in [5.74, 6) is -54.8. The quantitative estimate of drug-likeness (QED) is 0.104. The highest BCUT2D eigenvalue weighted by molar-refractivity contribution is 8.32. The molecule has 0 radical (unpaired) electrons. The van der Waals surface area contributed by atoms with Gasteiger partial charge in [0.15, 0.2) is 5.78 Å². The Labute approximate surface area is 264 Å². The van der Waals surface area contributed by atoms with Gasteiger partial charge in [-0.2, -0.15) is 83.1 Å². The van der Waals surface area contributed by atoms with Crippen molar-refractivity contribution in [2.24, 2.45) is 0 Å². The van der Waals surface area contributed by atoms with Crippen LogP contribution in [0.2, 0.25) is 0 Å². The lowest BCUT2D eigenvalue weighted by atomic mass is 9.91. The molecule has 0 saturated heterocycles. The first-order valence-electron chi connectivity index (χ1n) is 12.5. The second-order valence-corrected chi connectivity index (χ2v) is 15.8. The molecule has 0 aliphatic heterocycles. The molecule has 23 heteroatoms. The fourth-order valence-corrected chi connectivity index (χ4v) is 8.01. The van der Waals surface area contributed by atoms with Crippen LogP contribution in [0.4, 0.5) is 74.6 Å². The Morgan fingerprint density at radius 1 is 0.571 bits per heavy atom. The topological polar surface area (TPSA) is 60.4 Å². The molecule has 0 aliphatic carbocycles. The normalized spacial score (nSPS) is 15.6. The third kappa shape index (κ3) is 5.95. The number of fused-ring (bicyclic) bond motifs is 2. The van der Waals surface area contributed by atoms with Crippen molar-refractivity contribution in [1.82, 2.24) is 0 Å². The maximum Gasteiger partial charge on any atom is 0.460 e. The van der Waals surface area contributed by atoms with Gasteiger partial charge in [0.2, 0.25) is 0 Å². The second-order valence-electron chi connectivity index (χ2n) is 10.7. The van der Waals surface area contributed by atoms with Crippen LogP contribution in [0, 0.1) is 0 Å². The fourth-order valence-electron chi connectivity index (χ4n) is 4.32. The monoisotopic (exact) mass is 780 g/mol. The van der Waals surface area contributed by atoms with E-state index in [1.165, 1.54) is 48.5 Å². The third-order valence-corrected chi connectivity index (χ3v) is 10.8. The van der Waals surface area contributed by atoms with Gasteiger partial charge in [0.25, 0.3) is 0 Å². The molecule has 0 bridgehead atoms. The van der Waals surface area contributed by atoms with Gasteiger partial charge in [-0.25, -0.2) is 3.63 Å². The fraction of sp³-hybridized carbons (Fsp3) is 0.423. The Morgan fingerprint density at radius 3 is 1.31 bits per heavy atom. The maximum atomic E-state index is 14.6. The van der Waals surface area contributed by atoms with Crippen LogP contribution in [0.25, 0.3) is 21.5 Å². The van der Waals surface area contributed by atoms with Crippen molar-refractivity contribution >= 4 is 47.8 Å². The minimum atomic E-state index is -8.96. The largest absolute Gasteiger partial charge is 0.460 e. The molecule has 3 aromatic rings. The van der Waals surface area contributed by atoms with Gasteiger partial charge in [0, 0.05) is 5.56 Å². The molecule has 0 atom stereocenters. The highest BCUT2D eigenvalue weighted by Crippen LogP contribution is 2.65. The van der Waals surface area contributed by atoms with Gasteiger partial charge < -0.3 is 0 Å². The van der Waals surface area contributed by atoms with Gasteiger partial charge in [0.05, 0.1) is 5.75 Å². The zero-order valence-electron chi connectivity index (χ0n) is 23.8. The van der Waals surface area contributed by atoms with Crippen molar-refractivity contribution in [3.63, 3.8) is 0 Å². The molecule has 3 aromatic carbocycles. The Balaban J connectivity index is 2.04. The first-order chi connectivity index (χ1) is 21.7. The molecule has 0 amide bonds. The van der Waals surface area contributed by atoms with E-state index in [0.717, 1.165) is 0 Å². The van der Waals surface area contributed by atoms with Crippen LogP contribution in [-0.2, 0) is 13.7 Å². The molecule has 49 heavy (non-hydrogen) atoms. The van der Waals surface area contributed by atoms with Crippen LogP contribution in [-0.4, -0.2) is 79.4 Å². The summed E-state index contributed by atoms with van der Waals surface area (Å²) in [6, 6.07) is 13.2. The van der Waals surface area contributed by atoms with E-state index in [-0.39, 0.29) is 16.3 Å². The number of benzene rings is 3. The zero-order valence-corrected chi connectivity index (χ0v) is 25.4. The number of carbonyl (C=O) groups is 1. The first-order valence-corrected chi connectivity index (χ1v) is 16.4. The van der Waals surface area contributed by atoms with E-state index in [9.17, 15) is 87.8 Å². The summed E-state index contributed by atoms with van der Waals surface area (Å²) < 4.78 is 260. The summed E-state index contributed by atoms with van der Waals surface area (Å²) in [7, 11) is -11.9. The van der Waals surface area contributed by atoms with Gasteiger partial charge in [0.1, 0.15) is 0 Å². The van der Waals surface area contributed by atoms with Crippen molar-refractivity contribution in [2.45, 2.75) is 47.0 Å². The molecule has 0 heterocycles. The summed E-state index contributed by atoms with van der Waals surface area (Å²) in [6.07, 6.45) is -6.98. The average Bonchev–Trinajstić information content (AvgIpc) is 2.93. The molecule has 276 valence electrons. The number of carbonyl (C=O) groups excluding carboxylic acids is 1. The smallest absolute Gasteiger partial charge is 0.293 e. The van der Waals surface area contributed by atoms with Gasteiger partial charge in [-0.3, -0.25) is 4.79 Å². The molecule has 0 saturated carbocycles. The summed E-state index contributed by atoms with van der Waals surface area (Å²) in [5, 5.41) is -6.75. The van der Waals surface area contributed by atoms with Gasteiger partial charge in [-0.05, 0) is 40.1 Å². The van der Waals surface area contributed by atoms with Crippen LogP contribution in [0.3, 0.4) is 0 Å². The van der Waals surface area contributed by atoms with Gasteiger partial charge in [-0.15, -0.1) is 10.3 Å². The summed E-state index contributed by atoms with van der Waals surface area (Å²) in [5.41, 5.74) is -0.225. The molecule has 3 rings (SSSR count). The summed E-state index contributed by atoms with van der Waals surface area (Å²) >= 11 is 0. The van der Waals surface area contributed by atoms with Crippen molar-refractivity contribution in [3.8, 4) is 0 Å². The number of halogens is 17. The van der Waals surface area contributed by atoms with Crippen molar-refractivity contribution < 1.29 is 91.5 Å². The molecular formula is C26H17F17O4S2. The first kappa shape index (κ1) is 40.4. The number of alkyl halides is 17. The Morgan fingerprint density at radius 2 is 0.918 bits per heavy atom. The Kier molecular flexibility index (Phi) is 9.67. The Hall–Kier alpha value is -3.08. The van der Waals surface area contributed by atoms with Crippen molar-refractivity contribution in [1.29, 1.82) is 0 Å². The summed E-state index contributed by atoms with van der Waals surface area (Å²) in [6.45, 7) is 0. The molecule has 0 aromatic heterocycles. The highest BCUT2D eigenvalue weighted by Gasteiger charge is 2.96. The van der Waals surface area contributed by atoms with Crippen LogP contribution in [0.1, 0.15) is 10.4 Å². The SMILES string of the molecule is CS(C)(CC(=O)c1c2ccccc2cc2ccccc12)OS(=O)(=O)C(F)(F)C(F)(F)C(F)(F)C(F)(F)C(F)(F)C(F)(F)C(F)(F)C(F)(F)F. The van der Waals surface area contributed by atoms with Crippen LogP contribution in [0.15, 0.2) is 54.6 Å². The van der Waals surface area contributed by atoms with E-state index >= 15 is 0 Å². The van der Waals surface area contributed by atoms with Crippen molar-refractivity contribution in [2.75, 3.05) is 18.3 Å². The zero-order chi connectivity index (χ0) is 38.2. The van der Waals surface area contributed by atoms with Crippen LogP contribution in [0.5, 0.6) is 0 Å². The van der Waals surface area contributed by atoms with E-state index in [1.54, 1.807) is 6.07 Å². The minimum absolute atomic E-state index is 0.164. The molecule has 0 aliphatic rings. The number of Topliss-reactive ketones (excluding diaryl/α,β-unsaturated/α-hetero) is 1. The van der Waals surface area contributed by atoms with Crippen LogP contribution >= 0.6 is 10.3 Å².